The van der Waals surface area contributed by atoms with Gasteiger partial charge >= 0.3 is 0 Å². The van der Waals surface area contributed by atoms with Crippen LogP contribution in [0, 0.1) is 0 Å². The van der Waals surface area contributed by atoms with E-state index in [9.17, 15) is 0 Å². The Morgan fingerprint density at radius 2 is 2.23 bits per heavy atom. The summed E-state index contributed by atoms with van der Waals surface area (Å²) in [7, 11) is 0. The smallest absolute Gasteiger partial charge is 0.145 e. The van der Waals surface area contributed by atoms with Gasteiger partial charge in [0.15, 0.2) is 0 Å². The molecule has 1 aliphatic rings. The average Bonchev–Trinajstić information content (AvgIpc) is 2.71. The molecule has 3 heteroatoms. The minimum Gasteiger partial charge on any atom is -0.382 e. The van der Waals surface area contributed by atoms with Gasteiger partial charge in [-0.2, -0.15) is 5.10 Å². The molecule has 3 nitrogen and oxygen atoms in total. The zero-order chi connectivity index (χ0) is 9.26. The van der Waals surface area contributed by atoms with Gasteiger partial charge in [-0.05, 0) is 19.8 Å². The van der Waals surface area contributed by atoms with E-state index in [0.717, 1.165) is 6.54 Å². The van der Waals surface area contributed by atoms with Gasteiger partial charge in [-0.3, -0.25) is 4.68 Å². The lowest BCUT2D eigenvalue weighted by Gasteiger charge is -2.10. The summed E-state index contributed by atoms with van der Waals surface area (Å²) in [5, 5.41) is 4.27. The van der Waals surface area contributed by atoms with E-state index in [1.807, 2.05) is 10.7 Å². The summed E-state index contributed by atoms with van der Waals surface area (Å²) in [6.45, 7) is 3.05. The molecule has 2 rings (SSSR count). The lowest BCUT2D eigenvalue weighted by Crippen LogP contribution is -2.05. The Kier molecular flexibility index (Phi) is 2.25. The maximum absolute atomic E-state index is 5.69. The maximum Gasteiger partial charge on any atom is 0.145 e. The monoisotopic (exact) mass is 179 g/mol. The van der Waals surface area contributed by atoms with Crippen molar-refractivity contribution in [3.05, 3.63) is 11.8 Å². The molecule has 0 spiro atoms. The van der Waals surface area contributed by atoms with Crippen LogP contribution in [0.4, 0.5) is 5.82 Å². The molecule has 2 N–H and O–H groups in total. The molecule has 72 valence electrons. The normalized spacial score (nSPS) is 18.2. The standard InChI is InChI=1S/C10H17N3/c1-2-13-9(7-10(11)12-13)8-5-3-4-6-8/h7-8H,2-6H2,1H3,(H2,11,12). The van der Waals surface area contributed by atoms with Crippen molar-refractivity contribution in [2.24, 2.45) is 0 Å². The molecule has 0 amide bonds. The zero-order valence-corrected chi connectivity index (χ0v) is 8.16. The predicted octanol–water partition coefficient (Wildman–Crippen LogP) is 2.14. The molecule has 1 aromatic heterocycles. The number of nitrogen functional groups attached to an aromatic ring is 1. The number of aromatic nitrogens is 2. The Hall–Kier alpha value is -0.990. The van der Waals surface area contributed by atoms with E-state index in [2.05, 4.69) is 12.0 Å². The molecule has 1 aromatic rings. The molecule has 1 saturated carbocycles. The Morgan fingerprint density at radius 1 is 1.54 bits per heavy atom. The van der Waals surface area contributed by atoms with Gasteiger partial charge in [0.1, 0.15) is 5.82 Å². The average molecular weight is 179 g/mol. The van der Waals surface area contributed by atoms with Crippen LogP contribution in [-0.4, -0.2) is 9.78 Å². The second kappa shape index (κ2) is 3.40. The molecule has 0 bridgehead atoms. The quantitative estimate of drug-likeness (QED) is 0.756. The Bertz CT molecular complexity index is 284. The number of hydrogen-bond acceptors (Lipinski definition) is 2. The van der Waals surface area contributed by atoms with Crippen molar-refractivity contribution in [1.29, 1.82) is 0 Å². The van der Waals surface area contributed by atoms with Gasteiger partial charge in [-0.1, -0.05) is 12.8 Å². The molecule has 1 fully saturated rings. The van der Waals surface area contributed by atoms with Crippen molar-refractivity contribution < 1.29 is 0 Å². The van der Waals surface area contributed by atoms with E-state index in [1.54, 1.807) is 0 Å². The van der Waals surface area contributed by atoms with Crippen molar-refractivity contribution in [2.75, 3.05) is 5.73 Å². The summed E-state index contributed by atoms with van der Waals surface area (Å²) in [4.78, 5) is 0. The first-order valence-corrected chi connectivity index (χ1v) is 5.14. The van der Waals surface area contributed by atoms with Crippen LogP contribution >= 0.6 is 0 Å². The van der Waals surface area contributed by atoms with Crippen LogP contribution in [0.3, 0.4) is 0 Å². The largest absolute Gasteiger partial charge is 0.382 e. The van der Waals surface area contributed by atoms with Crippen LogP contribution in [-0.2, 0) is 6.54 Å². The number of nitrogens with two attached hydrogens (primary N) is 1. The molecule has 0 radical (unpaired) electrons. The molecule has 0 aliphatic heterocycles. The van der Waals surface area contributed by atoms with E-state index in [4.69, 9.17) is 5.73 Å². The predicted molar refractivity (Wildman–Crippen MR) is 53.5 cm³/mol. The second-order valence-electron chi connectivity index (χ2n) is 3.79. The number of hydrogen-bond donors (Lipinski definition) is 1. The number of rotatable bonds is 2. The molecule has 0 unspecified atom stereocenters. The highest BCUT2D eigenvalue weighted by Crippen LogP contribution is 2.34. The molecular formula is C10H17N3. The first-order chi connectivity index (χ1) is 6.31. The third kappa shape index (κ3) is 1.55. The summed E-state index contributed by atoms with van der Waals surface area (Å²) in [6.07, 6.45) is 5.34. The minimum atomic E-state index is 0.670. The van der Waals surface area contributed by atoms with Crippen LogP contribution in [0.1, 0.15) is 44.2 Å². The van der Waals surface area contributed by atoms with Crippen LogP contribution in [0.25, 0.3) is 0 Å². The fourth-order valence-corrected chi connectivity index (χ4v) is 2.26. The lowest BCUT2D eigenvalue weighted by molar-refractivity contribution is 0.570. The topological polar surface area (TPSA) is 43.8 Å². The highest BCUT2D eigenvalue weighted by Gasteiger charge is 2.20. The van der Waals surface area contributed by atoms with Crippen molar-refractivity contribution in [3.8, 4) is 0 Å². The van der Waals surface area contributed by atoms with Gasteiger partial charge < -0.3 is 5.73 Å². The Morgan fingerprint density at radius 3 is 2.85 bits per heavy atom. The number of aryl methyl sites for hydroxylation is 1. The summed E-state index contributed by atoms with van der Waals surface area (Å²) < 4.78 is 2.05. The fraction of sp³-hybridized carbons (Fsp3) is 0.700. The lowest BCUT2D eigenvalue weighted by atomic mass is 10.0. The molecular weight excluding hydrogens is 162 g/mol. The number of anilines is 1. The third-order valence-electron chi connectivity index (χ3n) is 2.90. The maximum atomic E-state index is 5.69. The van der Waals surface area contributed by atoms with E-state index in [1.165, 1.54) is 31.4 Å². The van der Waals surface area contributed by atoms with Gasteiger partial charge in [0.05, 0.1) is 0 Å². The van der Waals surface area contributed by atoms with E-state index < -0.39 is 0 Å². The fourth-order valence-electron chi connectivity index (χ4n) is 2.26. The van der Waals surface area contributed by atoms with Crippen LogP contribution < -0.4 is 5.73 Å². The van der Waals surface area contributed by atoms with Crippen molar-refractivity contribution in [3.63, 3.8) is 0 Å². The molecule has 1 aliphatic carbocycles. The molecule has 13 heavy (non-hydrogen) atoms. The molecule has 0 atom stereocenters. The third-order valence-corrected chi connectivity index (χ3v) is 2.90. The molecule has 1 heterocycles. The summed E-state index contributed by atoms with van der Waals surface area (Å²) in [6, 6.07) is 2.04. The summed E-state index contributed by atoms with van der Waals surface area (Å²) >= 11 is 0. The van der Waals surface area contributed by atoms with Crippen molar-refractivity contribution in [1.82, 2.24) is 9.78 Å². The highest BCUT2D eigenvalue weighted by molar-refractivity contribution is 5.31. The SMILES string of the molecule is CCn1nc(N)cc1C1CCCC1. The molecule has 0 aromatic carbocycles. The first kappa shape index (κ1) is 8.60. The zero-order valence-electron chi connectivity index (χ0n) is 8.16. The summed E-state index contributed by atoms with van der Waals surface area (Å²) in [5.41, 5.74) is 7.04. The van der Waals surface area contributed by atoms with Crippen molar-refractivity contribution >= 4 is 5.82 Å². The van der Waals surface area contributed by atoms with E-state index in [-0.39, 0.29) is 0 Å². The van der Waals surface area contributed by atoms with Crippen molar-refractivity contribution in [2.45, 2.75) is 45.1 Å². The number of nitrogens with zero attached hydrogens (tertiary/aromatic N) is 2. The highest BCUT2D eigenvalue weighted by atomic mass is 15.3. The first-order valence-electron chi connectivity index (χ1n) is 5.14. The van der Waals surface area contributed by atoms with Gasteiger partial charge in [0.2, 0.25) is 0 Å². The van der Waals surface area contributed by atoms with Crippen LogP contribution in [0.2, 0.25) is 0 Å². The van der Waals surface area contributed by atoms with Gasteiger partial charge in [-0.25, -0.2) is 0 Å². The van der Waals surface area contributed by atoms with E-state index in [0.29, 0.717) is 11.7 Å². The minimum absolute atomic E-state index is 0.670. The van der Waals surface area contributed by atoms with Crippen LogP contribution in [0.15, 0.2) is 6.07 Å². The van der Waals surface area contributed by atoms with E-state index >= 15 is 0 Å². The van der Waals surface area contributed by atoms with Gasteiger partial charge in [0.25, 0.3) is 0 Å². The molecule has 0 saturated heterocycles. The Labute approximate surface area is 78.9 Å². The second-order valence-corrected chi connectivity index (χ2v) is 3.79. The van der Waals surface area contributed by atoms with Crippen LogP contribution in [0.5, 0.6) is 0 Å². The van der Waals surface area contributed by atoms with Gasteiger partial charge in [0, 0.05) is 24.2 Å². The summed E-state index contributed by atoms with van der Waals surface area (Å²) in [5.74, 6) is 1.38. The van der Waals surface area contributed by atoms with Gasteiger partial charge in [-0.15, -0.1) is 0 Å². The Balaban J connectivity index is 2.26.